The molecule has 0 spiro atoms. The zero-order chi connectivity index (χ0) is 10.7. The molecular formula is C12H22N2O. The first-order valence-corrected chi connectivity index (χ1v) is 6.29. The van der Waals surface area contributed by atoms with E-state index in [4.69, 9.17) is 0 Å². The molecule has 0 atom stereocenters. The Kier molecular flexibility index (Phi) is 3.62. The Morgan fingerprint density at radius 3 is 2.40 bits per heavy atom. The van der Waals surface area contributed by atoms with E-state index in [0.717, 1.165) is 44.9 Å². The summed E-state index contributed by atoms with van der Waals surface area (Å²) in [7, 11) is 0. The minimum atomic E-state index is 0.351. The van der Waals surface area contributed by atoms with Crippen molar-refractivity contribution in [1.82, 2.24) is 9.80 Å². The summed E-state index contributed by atoms with van der Waals surface area (Å²) in [5, 5.41) is 0. The van der Waals surface area contributed by atoms with Crippen LogP contribution in [0, 0.1) is 5.92 Å². The average Bonchev–Trinajstić information content (AvgIpc) is 3.03. The van der Waals surface area contributed by atoms with Crippen LogP contribution < -0.4 is 0 Å². The number of hydrogen-bond acceptors (Lipinski definition) is 2. The number of carbonyl (C=O) groups is 1. The molecule has 2 rings (SSSR count). The lowest BCUT2D eigenvalue weighted by molar-refractivity contribution is -0.133. The summed E-state index contributed by atoms with van der Waals surface area (Å²) in [4.78, 5) is 16.2. The van der Waals surface area contributed by atoms with Gasteiger partial charge in [0.1, 0.15) is 0 Å². The summed E-state index contributed by atoms with van der Waals surface area (Å²) in [6.45, 7) is 7.42. The fourth-order valence-corrected chi connectivity index (χ4v) is 2.22. The predicted octanol–water partition coefficient (Wildman–Crippen LogP) is 1.34. The minimum absolute atomic E-state index is 0.351. The third-order valence-corrected chi connectivity index (χ3v) is 3.40. The van der Waals surface area contributed by atoms with Gasteiger partial charge in [-0.1, -0.05) is 6.92 Å². The van der Waals surface area contributed by atoms with Crippen molar-refractivity contribution in [2.45, 2.75) is 32.6 Å². The number of rotatable bonds is 4. The maximum Gasteiger partial charge on any atom is 0.222 e. The summed E-state index contributed by atoms with van der Waals surface area (Å²) in [5.74, 6) is 1.33. The molecule has 3 heteroatoms. The van der Waals surface area contributed by atoms with Crippen LogP contribution in [0.15, 0.2) is 0 Å². The molecule has 2 fully saturated rings. The van der Waals surface area contributed by atoms with Crippen LogP contribution in [0.1, 0.15) is 32.6 Å². The summed E-state index contributed by atoms with van der Waals surface area (Å²) in [6, 6.07) is 0. The third kappa shape index (κ3) is 3.20. The Balaban J connectivity index is 1.68. The monoisotopic (exact) mass is 210 g/mol. The Morgan fingerprint density at radius 2 is 1.87 bits per heavy atom. The quantitative estimate of drug-likeness (QED) is 0.699. The second-order valence-electron chi connectivity index (χ2n) is 4.87. The number of piperazine rings is 1. The summed E-state index contributed by atoms with van der Waals surface area (Å²) in [6.07, 6.45) is 4.55. The van der Waals surface area contributed by atoms with E-state index < -0.39 is 0 Å². The first kappa shape index (κ1) is 10.9. The number of nitrogens with zero attached hydrogens (tertiary/aromatic N) is 2. The van der Waals surface area contributed by atoms with Gasteiger partial charge in [0.05, 0.1) is 0 Å². The molecule has 0 unspecified atom stereocenters. The van der Waals surface area contributed by atoms with Crippen LogP contribution in [-0.2, 0) is 4.79 Å². The maximum atomic E-state index is 11.6. The molecule has 2 aliphatic rings. The fourth-order valence-electron chi connectivity index (χ4n) is 2.22. The minimum Gasteiger partial charge on any atom is -0.340 e. The SMILES string of the molecule is CCCC(=O)N1CCN(CC2CC2)CC1. The van der Waals surface area contributed by atoms with Gasteiger partial charge in [0.25, 0.3) is 0 Å². The van der Waals surface area contributed by atoms with E-state index in [-0.39, 0.29) is 0 Å². The topological polar surface area (TPSA) is 23.6 Å². The van der Waals surface area contributed by atoms with Gasteiger partial charge >= 0.3 is 0 Å². The molecule has 86 valence electrons. The molecule has 0 bridgehead atoms. The number of amides is 1. The van der Waals surface area contributed by atoms with E-state index in [2.05, 4.69) is 11.8 Å². The molecule has 1 aliphatic carbocycles. The van der Waals surface area contributed by atoms with Gasteiger partial charge in [-0.2, -0.15) is 0 Å². The first-order valence-electron chi connectivity index (χ1n) is 6.29. The number of hydrogen-bond donors (Lipinski definition) is 0. The zero-order valence-electron chi connectivity index (χ0n) is 9.74. The standard InChI is InChI=1S/C12H22N2O/c1-2-3-12(15)14-8-6-13(7-9-14)10-11-4-5-11/h11H,2-10H2,1H3. The van der Waals surface area contributed by atoms with E-state index in [9.17, 15) is 4.79 Å². The van der Waals surface area contributed by atoms with E-state index in [1.807, 2.05) is 4.90 Å². The van der Waals surface area contributed by atoms with Gasteiger partial charge in [-0.15, -0.1) is 0 Å². The normalized spacial score (nSPS) is 23.1. The molecule has 1 saturated carbocycles. The van der Waals surface area contributed by atoms with Gasteiger partial charge in [-0.25, -0.2) is 0 Å². The Labute approximate surface area is 92.4 Å². The smallest absolute Gasteiger partial charge is 0.222 e. The van der Waals surface area contributed by atoms with Gasteiger partial charge < -0.3 is 4.90 Å². The van der Waals surface area contributed by atoms with Crippen LogP contribution in [0.2, 0.25) is 0 Å². The van der Waals surface area contributed by atoms with Gasteiger partial charge in [0.15, 0.2) is 0 Å². The highest BCUT2D eigenvalue weighted by atomic mass is 16.2. The van der Waals surface area contributed by atoms with E-state index >= 15 is 0 Å². The zero-order valence-corrected chi connectivity index (χ0v) is 9.74. The molecule has 0 aromatic heterocycles. The van der Waals surface area contributed by atoms with Crippen molar-refractivity contribution < 1.29 is 4.79 Å². The average molecular weight is 210 g/mol. The molecule has 1 aliphatic heterocycles. The highest BCUT2D eigenvalue weighted by Crippen LogP contribution is 2.29. The van der Waals surface area contributed by atoms with Gasteiger partial charge in [-0.3, -0.25) is 9.69 Å². The molecule has 0 radical (unpaired) electrons. The lowest BCUT2D eigenvalue weighted by atomic mass is 10.2. The summed E-state index contributed by atoms with van der Waals surface area (Å²) >= 11 is 0. The largest absolute Gasteiger partial charge is 0.340 e. The van der Waals surface area contributed by atoms with Crippen LogP contribution in [0.25, 0.3) is 0 Å². The second kappa shape index (κ2) is 4.97. The summed E-state index contributed by atoms with van der Waals surface area (Å²) in [5.41, 5.74) is 0. The van der Waals surface area contributed by atoms with Crippen molar-refractivity contribution in [3.05, 3.63) is 0 Å². The fraction of sp³-hybridized carbons (Fsp3) is 0.917. The van der Waals surface area contributed by atoms with Crippen LogP contribution in [0.5, 0.6) is 0 Å². The molecule has 0 N–H and O–H groups in total. The Hall–Kier alpha value is -0.570. The molecule has 1 amide bonds. The van der Waals surface area contributed by atoms with E-state index in [0.29, 0.717) is 5.91 Å². The van der Waals surface area contributed by atoms with Crippen molar-refractivity contribution in [2.75, 3.05) is 32.7 Å². The molecule has 0 aromatic carbocycles. The molecule has 0 aromatic rings. The van der Waals surface area contributed by atoms with Crippen LogP contribution >= 0.6 is 0 Å². The molecule has 1 saturated heterocycles. The van der Waals surface area contributed by atoms with Crippen LogP contribution in [-0.4, -0.2) is 48.4 Å². The summed E-state index contributed by atoms with van der Waals surface area (Å²) < 4.78 is 0. The van der Waals surface area contributed by atoms with Crippen molar-refractivity contribution in [1.29, 1.82) is 0 Å². The third-order valence-electron chi connectivity index (χ3n) is 3.40. The van der Waals surface area contributed by atoms with Crippen molar-refractivity contribution in [2.24, 2.45) is 5.92 Å². The first-order chi connectivity index (χ1) is 7.29. The van der Waals surface area contributed by atoms with Gasteiger partial charge in [0.2, 0.25) is 5.91 Å². The Morgan fingerprint density at radius 1 is 1.20 bits per heavy atom. The molecule has 1 heterocycles. The Bertz CT molecular complexity index is 218. The second-order valence-corrected chi connectivity index (χ2v) is 4.87. The van der Waals surface area contributed by atoms with Crippen molar-refractivity contribution in [3.63, 3.8) is 0 Å². The van der Waals surface area contributed by atoms with Gasteiger partial charge in [0, 0.05) is 39.1 Å². The van der Waals surface area contributed by atoms with Crippen molar-refractivity contribution in [3.8, 4) is 0 Å². The molecular weight excluding hydrogens is 188 g/mol. The lowest BCUT2D eigenvalue weighted by Gasteiger charge is -2.34. The van der Waals surface area contributed by atoms with Crippen LogP contribution in [0.4, 0.5) is 0 Å². The van der Waals surface area contributed by atoms with E-state index in [1.54, 1.807) is 0 Å². The van der Waals surface area contributed by atoms with Crippen molar-refractivity contribution >= 4 is 5.91 Å². The highest BCUT2D eigenvalue weighted by Gasteiger charge is 2.27. The lowest BCUT2D eigenvalue weighted by Crippen LogP contribution is -2.49. The van der Waals surface area contributed by atoms with Crippen LogP contribution in [0.3, 0.4) is 0 Å². The van der Waals surface area contributed by atoms with E-state index in [1.165, 1.54) is 19.4 Å². The highest BCUT2D eigenvalue weighted by molar-refractivity contribution is 5.76. The maximum absolute atomic E-state index is 11.6. The number of carbonyl (C=O) groups excluding carboxylic acids is 1. The molecule has 15 heavy (non-hydrogen) atoms. The van der Waals surface area contributed by atoms with Gasteiger partial charge in [-0.05, 0) is 25.2 Å². The molecule has 3 nitrogen and oxygen atoms in total. The predicted molar refractivity (Wildman–Crippen MR) is 60.7 cm³/mol.